The molecule has 0 spiro atoms. The molecule has 1 heterocycles. The second-order valence-corrected chi connectivity index (χ2v) is 13.1. The maximum atomic E-state index is 14.3. The van der Waals surface area contributed by atoms with Gasteiger partial charge < -0.3 is 5.11 Å². The van der Waals surface area contributed by atoms with E-state index in [0.29, 0.717) is 12.0 Å². The number of hydrogen-bond donors (Lipinski definition) is 1. The molecule has 1 aliphatic rings. The molecule has 1 aliphatic heterocycles. The fourth-order valence-corrected chi connectivity index (χ4v) is 8.50. The van der Waals surface area contributed by atoms with Gasteiger partial charge in [-0.15, -0.1) is 11.8 Å². The van der Waals surface area contributed by atoms with Gasteiger partial charge in [0.2, 0.25) is 10.0 Å². The summed E-state index contributed by atoms with van der Waals surface area (Å²) in [4.78, 5) is 14.1. The first-order valence-electron chi connectivity index (χ1n) is 12.8. The van der Waals surface area contributed by atoms with Gasteiger partial charge in [-0.2, -0.15) is 4.31 Å². The van der Waals surface area contributed by atoms with Gasteiger partial charge in [-0.3, -0.25) is 4.79 Å². The van der Waals surface area contributed by atoms with E-state index in [2.05, 4.69) is 6.92 Å². The Hall–Kier alpha value is -2.61. The molecule has 0 amide bonds. The fraction of sp³-hybridized carbons (Fsp3) is 0.367. The highest BCUT2D eigenvalue weighted by molar-refractivity contribution is 8.00. The second kappa shape index (κ2) is 11.4. The Bertz CT molecular complexity index is 1320. The Morgan fingerprint density at radius 2 is 1.38 bits per heavy atom. The number of carboxylic acid groups (broad SMARTS) is 1. The maximum absolute atomic E-state index is 14.3. The Kier molecular flexibility index (Phi) is 8.46. The van der Waals surface area contributed by atoms with Crippen LogP contribution in [0.2, 0.25) is 0 Å². The summed E-state index contributed by atoms with van der Waals surface area (Å²) in [5.41, 5.74) is 3.83. The average Bonchev–Trinajstić information content (AvgIpc) is 3.19. The summed E-state index contributed by atoms with van der Waals surface area (Å²) in [6, 6.07) is 21.2. The fourth-order valence-electron chi connectivity index (χ4n) is 5.11. The molecular weight excluding hydrogens is 502 g/mol. The lowest BCUT2D eigenvalue weighted by Crippen LogP contribution is -2.40. The summed E-state index contributed by atoms with van der Waals surface area (Å²) in [5, 5.41) is 10.1. The molecule has 0 bridgehead atoms. The van der Waals surface area contributed by atoms with Gasteiger partial charge in [0.15, 0.2) is 0 Å². The highest BCUT2D eigenvalue weighted by atomic mass is 32.2. The molecule has 7 heteroatoms. The highest BCUT2D eigenvalue weighted by Crippen LogP contribution is 2.52. The molecule has 3 aromatic carbocycles. The third kappa shape index (κ3) is 5.79. The van der Waals surface area contributed by atoms with Gasteiger partial charge in [0.25, 0.3) is 0 Å². The van der Waals surface area contributed by atoms with Crippen LogP contribution >= 0.6 is 11.8 Å². The summed E-state index contributed by atoms with van der Waals surface area (Å²) >= 11 is 1.49. The van der Waals surface area contributed by atoms with Crippen LogP contribution < -0.4 is 0 Å². The average molecular weight is 538 g/mol. The van der Waals surface area contributed by atoms with Crippen molar-refractivity contribution in [2.45, 2.75) is 74.1 Å². The molecule has 196 valence electrons. The van der Waals surface area contributed by atoms with Gasteiger partial charge in [-0.05, 0) is 57.0 Å². The number of carboxylic acids is 1. The molecule has 0 radical (unpaired) electrons. The molecule has 1 fully saturated rings. The first-order valence-corrected chi connectivity index (χ1v) is 15.1. The third-order valence-electron chi connectivity index (χ3n) is 7.12. The summed E-state index contributed by atoms with van der Waals surface area (Å²) in [6.07, 6.45) is 2.30. The predicted octanol–water partition coefficient (Wildman–Crippen LogP) is 6.78. The van der Waals surface area contributed by atoms with E-state index in [-0.39, 0.29) is 4.90 Å². The normalized spacial score (nSPS) is 22.3. The number of aryl methyl sites for hydroxylation is 3. The monoisotopic (exact) mass is 537 g/mol. The van der Waals surface area contributed by atoms with Crippen molar-refractivity contribution in [3.8, 4) is 0 Å². The van der Waals surface area contributed by atoms with Crippen LogP contribution in [0.5, 0.6) is 0 Å². The Balaban J connectivity index is 1.91. The number of carbonyl (C=O) groups is 1. The summed E-state index contributed by atoms with van der Waals surface area (Å²) in [5.74, 6) is -1.88. The van der Waals surface area contributed by atoms with Crippen molar-refractivity contribution in [2.24, 2.45) is 5.92 Å². The molecule has 0 saturated carbocycles. The lowest BCUT2D eigenvalue weighted by atomic mass is 9.92. The summed E-state index contributed by atoms with van der Waals surface area (Å²) in [6.45, 7) is 7.97. The minimum Gasteiger partial charge on any atom is -0.481 e. The van der Waals surface area contributed by atoms with Crippen LogP contribution in [-0.2, 0) is 14.8 Å². The van der Waals surface area contributed by atoms with Crippen molar-refractivity contribution in [3.63, 3.8) is 0 Å². The first-order chi connectivity index (χ1) is 17.6. The van der Waals surface area contributed by atoms with E-state index >= 15 is 0 Å². The highest BCUT2D eigenvalue weighted by Gasteiger charge is 2.57. The summed E-state index contributed by atoms with van der Waals surface area (Å²) in [7, 11) is -3.98. The number of aliphatic carboxylic acids is 1. The van der Waals surface area contributed by atoms with Crippen molar-refractivity contribution >= 4 is 27.8 Å². The lowest BCUT2D eigenvalue weighted by molar-refractivity contribution is -0.142. The van der Waals surface area contributed by atoms with Crippen molar-refractivity contribution in [3.05, 3.63) is 95.1 Å². The van der Waals surface area contributed by atoms with Crippen LogP contribution in [0.3, 0.4) is 0 Å². The van der Waals surface area contributed by atoms with Crippen LogP contribution in [-0.4, -0.2) is 35.1 Å². The zero-order valence-electron chi connectivity index (χ0n) is 21.8. The standard InChI is InChI=1S/C30H35NO4S2/c1-5-6-7-26-29(36-24-16-10-21(3)11-17-24)27(30(32)33)28(23-14-8-20(2)9-15-23)31(26)37(34,35)25-18-12-22(4)13-19-25/h8-19,26-29H,5-7H2,1-4H3,(H,32,33)/t26-,27+,28+,29-/m1/s1. The SMILES string of the molecule is CCCC[C@@H]1[C@@H](Sc2ccc(C)cc2)[C@@H](C(=O)O)[C@H](c2ccc(C)cc2)N1S(=O)(=O)c1ccc(C)cc1. The summed E-state index contributed by atoms with van der Waals surface area (Å²) < 4.78 is 30.1. The largest absolute Gasteiger partial charge is 0.481 e. The molecule has 3 aromatic rings. The minimum atomic E-state index is -3.98. The van der Waals surface area contributed by atoms with Crippen molar-refractivity contribution in [2.75, 3.05) is 0 Å². The quantitative estimate of drug-likeness (QED) is 0.326. The van der Waals surface area contributed by atoms with Gasteiger partial charge in [0.1, 0.15) is 0 Å². The van der Waals surface area contributed by atoms with Crippen LogP contribution in [0.15, 0.2) is 82.6 Å². The minimum absolute atomic E-state index is 0.196. The lowest BCUT2D eigenvalue weighted by Gasteiger charge is -2.31. The van der Waals surface area contributed by atoms with E-state index in [1.165, 1.54) is 16.1 Å². The Morgan fingerprint density at radius 3 is 1.89 bits per heavy atom. The maximum Gasteiger partial charge on any atom is 0.309 e. The van der Waals surface area contributed by atoms with Crippen LogP contribution in [0.4, 0.5) is 0 Å². The zero-order chi connectivity index (χ0) is 26.7. The molecule has 0 aliphatic carbocycles. The molecule has 0 aromatic heterocycles. The van der Waals surface area contributed by atoms with E-state index in [1.54, 1.807) is 24.3 Å². The zero-order valence-corrected chi connectivity index (χ0v) is 23.4. The number of nitrogens with zero attached hydrogens (tertiary/aromatic N) is 1. The van der Waals surface area contributed by atoms with Crippen LogP contribution in [0.1, 0.15) is 54.5 Å². The second-order valence-electron chi connectivity index (χ2n) is 9.97. The Labute approximate surface area is 225 Å². The van der Waals surface area contributed by atoms with Crippen molar-refractivity contribution in [1.29, 1.82) is 0 Å². The molecule has 4 atom stereocenters. The smallest absolute Gasteiger partial charge is 0.309 e. The molecule has 4 rings (SSSR count). The van der Waals surface area contributed by atoms with Gasteiger partial charge >= 0.3 is 5.97 Å². The van der Waals surface area contributed by atoms with E-state index in [0.717, 1.165) is 34.4 Å². The van der Waals surface area contributed by atoms with Crippen molar-refractivity contribution < 1.29 is 18.3 Å². The molecule has 0 unspecified atom stereocenters. The number of rotatable bonds is 9. The van der Waals surface area contributed by atoms with Gasteiger partial charge in [0, 0.05) is 16.2 Å². The number of benzene rings is 3. The molecule has 5 nitrogen and oxygen atoms in total. The van der Waals surface area contributed by atoms with E-state index < -0.39 is 39.2 Å². The predicted molar refractivity (Wildman–Crippen MR) is 149 cm³/mol. The van der Waals surface area contributed by atoms with E-state index in [9.17, 15) is 18.3 Å². The number of thioether (sulfide) groups is 1. The van der Waals surface area contributed by atoms with Gasteiger partial charge in [-0.25, -0.2) is 8.42 Å². The van der Waals surface area contributed by atoms with Gasteiger partial charge in [-0.1, -0.05) is 85.0 Å². The molecule has 1 N–H and O–H groups in total. The Morgan fingerprint density at radius 1 is 0.865 bits per heavy atom. The van der Waals surface area contributed by atoms with Crippen LogP contribution in [0, 0.1) is 26.7 Å². The topological polar surface area (TPSA) is 74.7 Å². The molecule has 37 heavy (non-hydrogen) atoms. The number of sulfonamides is 1. The third-order valence-corrected chi connectivity index (χ3v) is 10.5. The van der Waals surface area contributed by atoms with E-state index in [4.69, 9.17) is 0 Å². The van der Waals surface area contributed by atoms with Gasteiger partial charge in [0.05, 0.1) is 16.9 Å². The van der Waals surface area contributed by atoms with Crippen molar-refractivity contribution in [1.82, 2.24) is 4.31 Å². The molecule has 1 saturated heterocycles. The number of hydrogen-bond acceptors (Lipinski definition) is 4. The van der Waals surface area contributed by atoms with E-state index in [1.807, 2.05) is 69.3 Å². The number of unbranched alkanes of at least 4 members (excludes halogenated alkanes) is 1. The van der Waals surface area contributed by atoms with Crippen LogP contribution in [0.25, 0.3) is 0 Å². The molecular formula is C30H35NO4S2. The first kappa shape index (κ1) is 27.4.